The standard InChI is InChI=1S/C24H31N3O3/c1-4-5-9-23(28)25-19-10-11-22(21(15-19)24(29)30)26-12-13-27(18(3)16-26)20-8-6-7-17(2)14-20/h6-8,10-11,14-15,18H,4-5,9,12-13,16H2,1-3H3,(H,25,28)(H,29,30)/t18-/m1/s1. The number of hydrogen-bond donors (Lipinski definition) is 2. The van der Waals surface area contributed by atoms with E-state index in [1.165, 1.54) is 11.3 Å². The summed E-state index contributed by atoms with van der Waals surface area (Å²) in [4.78, 5) is 28.4. The summed E-state index contributed by atoms with van der Waals surface area (Å²) in [5.74, 6) is -1.07. The van der Waals surface area contributed by atoms with Crippen molar-refractivity contribution in [1.29, 1.82) is 0 Å². The number of nitrogens with zero attached hydrogens (tertiary/aromatic N) is 2. The van der Waals surface area contributed by atoms with Gasteiger partial charge in [0.25, 0.3) is 0 Å². The van der Waals surface area contributed by atoms with Gasteiger partial charge in [0.15, 0.2) is 0 Å². The lowest BCUT2D eigenvalue weighted by Gasteiger charge is -2.42. The number of rotatable bonds is 7. The highest BCUT2D eigenvalue weighted by molar-refractivity contribution is 5.98. The van der Waals surface area contributed by atoms with Crippen molar-refractivity contribution in [3.8, 4) is 0 Å². The summed E-state index contributed by atoms with van der Waals surface area (Å²) >= 11 is 0. The third kappa shape index (κ3) is 5.12. The van der Waals surface area contributed by atoms with Gasteiger partial charge in [0.05, 0.1) is 11.3 Å². The molecule has 1 saturated heterocycles. The zero-order valence-corrected chi connectivity index (χ0v) is 18.0. The molecule has 0 aromatic heterocycles. The minimum absolute atomic E-state index is 0.0821. The Balaban J connectivity index is 1.75. The zero-order chi connectivity index (χ0) is 21.7. The molecule has 1 atom stereocenters. The maximum Gasteiger partial charge on any atom is 0.337 e. The van der Waals surface area contributed by atoms with Crippen molar-refractivity contribution < 1.29 is 14.7 Å². The van der Waals surface area contributed by atoms with Gasteiger partial charge in [0.1, 0.15) is 0 Å². The van der Waals surface area contributed by atoms with Gasteiger partial charge in [-0.1, -0.05) is 25.5 Å². The number of amides is 1. The number of unbranched alkanes of at least 4 members (excludes halogenated alkanes) is 1. The molecule has 2 N–H and O–H groups in total. The van der Waals surface area contributed by atoms with Crippen molar-refractivity contribution >= 4 is 28.9 Å². The summed E-state index contributed by atoms with van der Waals surface area (Å²) < 4.78 is 0. The van der Waals surface area contributed by atoms with Crippen molar-refractivity contribution in [3.63, 3.8) is 0 Å². The summed E-state index contributed by atoms with van der Waals surface area (Å²) in [6.07, 6.45) is 2.21. The molecule has 1 heterocycles. The first-order chi connectivity index (χ1) is 14.4. The molecule has 2 aromatic carbocycles. The predicted octanol–water partition coefficient (Wildman–Crippen LogP) is 4.54. The van der Waals surface area contributed by atoms with E-state index in [0.717, 1.165) is 32.5 Å². The third-order valence-corrected chi connectivity index (χ3v) is 5.57. The SMILES string of the molecule is CCCCC(=O)Nc1ccc(N2CCN(c3cccc(C)c3)[C@H](C)C2)c(C(=O)O)c1. The number of hydrogen-bond acceptors (Lipinski definition) is 4. The lowest BCUT2D eigenvalue weighted by atomic mass is 10.1. The van der Waals surface area contributed by atoms with Gasteiger partial charge in [-0.25, -0.2) is 4.79 Å². The molecule has 30 heavy (non-hydrogen) atoms. The van der Waals surface area contributed by atoms with E-state index in [0.29, 0.717) is 17.8 Å². The number of benzene rings is 2. The molecule has 3 rings (SSSR count). The number of carboxylic acid groups (broad SMARTS) is 1. The fourth-order valence-corrected chi connectivity index (χ4v) is 3.99. The third-order valence-electron chi connectivity index (χ3n) is 5.57. The lowest BCUT2D eigenvalue weighted by Crippen LogP contribution is -2.52. The van der Waals surface area contributed by atoms with E-state index in [1.807, 2.05) is 13.0 Å². The molecule has 6 heteroatoms. The molecule has 6 nitrogen and oxygen atoms in total. The van der Waals surface area contributed by atoms with E-state index in [2.05, 4.69) is 53.2 Å². The average molecular weight is 410 g/mol. The highest BCUT2D eigenvalue weighted by Gasteiger charge is 2.27. The molecular weight excluding hydrogens is 378 g/mol. The van der Waals surface area contributed by atoms with Gasteiger partial charge in [-0.3, -0.25) is 4.79 Å². The molecule has 1 fully saturated rings. The van der Waals surface area contributed by atoms with Gasteiger partial charge < -0.3 is 20.2 Å². The zero-order valence-electron chi connectivity index (χ0n) is 18.0. The number of piperazine rings is 1. The van der Waals surface area contributed by atoms with Gasteiger partial charge in [0, 0.05) is 43.5 Å². The molecule has 0 aliphatic carbocycles. The predicted molar refractivity (Wildman–Crippen MR) is 122 cm³/mol. The molecule has 0 spiro atoms. The Bertz CT molecular complexity index is 912. The minimum atomic E-state index is -0.983. The van der Waals surface area contributed by atoms with Crippen LogP contribution in [-0.2, 0) is 4.79 Å². The Morgan fingerprint density at radius 1 is 1.17 bits per heavy atom. The fraction of sp³-hybridized carbons (Fsp3) is 0.417. The number of carbonyl (C=O) groups is 2. The molecule has 0 saturated carbocycles. The van der Waals surface area contributed by atoms with Gasteiger partial charge in [0.2, 0.25) is 5.91 Å². The van der Waals surface area contributed by atoms with Crippen molar-refractivity contribution in [2.24, 2.45) is 0 Å². The van der Waals surface area contributed by atoms with Gasteiger partial charge in [-0.15, -0.1) is 0 Å². The summed E-state index contributed by atoms with van der Waals surface area (Å²) in [7, 11) is 0. The number of aryl methyl sites for hydroxylation is 1. The minimum Gasteiger partial charge on any atom is -0.478 e. The summed E-state index contributed by atoms with van der Waals surface area (Å²) in [5.41, 5.74) is 3.88. The summed E-state index contributed by atoms with van der Waals surface area (Å²) in [5, 5.41) is 12.6. The molecular formula is C24H31N3O3. The Hall–Kier alpha value is -3.02. The Kier molecular flexibility index (Phi) is 6.98. The quantitative estimate of drug-likeness (QED) is 0.703. The first kappa shape index (κ1) is 21.7. The van der Waals surface area contributed by atoms with Crippen molar-refractivity contribution in [1.82, 2.24) is 0 Å². The normalized spacial score (nSPS) is 16.4. The van der Waals surface area contributed by atoms with Crippen LogP contribution in [-0.4, -0.2) is 42.7 Å². The second kappa shape index (κ2) is 9.65. The number of nitrogens with one attached hydrogen (secondary N) is 1. The Morgan fingerprint density at radius 2 is 1.97 bits per heavy atom. The van der Waals surface area contributed by atoms with Gasteiger partial charge >= 0.3 is 5.97 Å². The summed E-state index contributed by atoms with van der Waals surface area (Å²) in [6.45, 7) is 8.57. The topological polar surface area (TPSA) is 72.9 Å². The van der Waals surface area contributed by atoms with Crippen LogP contribution in [0.15, 0.2) is 42.5 Å². The van der Waals surface area contributed by atoms with E-state index in [9.17, 15) is 14.7 Å². The van der Waals surface area contributed by atoms with Crippen LogP contribution < -0.4 is 15.1 Å². The van der Waals surface area contributed by atoms with Crippen LogP contribution in [0.3, 0.4) is 0 Å². The fourth-order valence-electron chi connectivity index (χ4n) is 3.99. The largest absolute Gasteiger partial charge is 0.478 e. The second-order valence-electron chi connectivity index (χ2n) is 8.02. The van der Waals surface area contributed by atoms with E-state index >= 15 is 0 Å². The van der Waals surface area contributed by atoms with Gasteiger partial charge in [-0.2, -0.15) is 0 Å². The molecule has 1 aliphatic rings. The highest BCUT2D eigenvalue weighted by atomic mass is 16.4. The van der Waals surface area contributed by atoms with Crippen LogP contribution in [0.1, 0.15) is 49.0 Å². The molecule has 160 valence electrons. The lowest BCUT2D eigenvalue weighted by molar-refractivity contribution is -0.116. The number of carbonyl (C=O) groups excluding carboxylic acids is 1. The Labute approximate surface area is 178 Å². The van der Waals surface area contributed by atoms with Crippen LogP contribution in [0.2, 0.25) is 0 Å². The first-order valence-electron chi connectivity index (χ1n) is 10.6. The number of anilines is 3. The molecule has 0 unspecified atom stereocenters. The highest BCUT2D eigenvalue weighted by Crippen LogP contribution is 2.29. The number of aromatic carboxylic acids is 1. The van der Waals surface area contributed by atoms with E-state index in [1.54, 1.807) is 12.1 Å². The maximum atomic E-state index is 12.0. The Morgan fingerprint density at radius 3 is 2.63 bits per heavy atom. The summed E-state index contributed by atoms with van der Waals surface area (Å²) in [6, 6.07) is 13.9. The van der Waals surface area contributed by atoms with Crippen LogP contribution in [0.4, 0.5) is 17.1 Å². The van der Waals surface area contributed by atoms with Crippen LogP contribution in [0.5, 0.6) is 0 Å². The van der Waals surface area contributed by atoms with E-state index < -0.39 is 5.97 Å². The maximum absolute atomic E-state index is 12.0. The smallest absolute Gasteiger partial charge is 0.337 e. The van der Waals surface area contributed by atoms with E-state index in [4.69, 9.17) is 0 Å². The monoisotopic (exact) mass is 409 g/mol. The molecule has 1 amide bonds. The second-order valence-corrected chi connectivity index (χ2v) is 8.02. The van der Waals surface area contributed by atoms with Gasteiger partial charge in [-0.05, 0) is 56.2 Å². The first-order valence-corrected chi connectivity index (χ1v) is 10.6. The van der Waals surface area contributed by atoms with Crippen LogP contribution in [0, 0.1) is 6.92 Å². The van der Waals surface area contributed by atoms with E-state index in [-0.39, 0.29) is 17.5 Å². The van der Waals surface area contributed by atoms with Crippen molar-refractivity contribution in [3.05, 3.63) is 53.6 Å². The molecule has 2 aromatic rings. The average Bonchev–Trinajstić information content (AvgIpc) is 2.72. The van der Waals surface area contributed by atoms with Crippen molar-refractivity contribution in [2.75, 3.05) is 34.8 Å². The van der Waals surface area contributed by atoms with Crippen LogP contribution in [0.25, 0.3) is 0 Å². The van der Waals surface area contributed by atoms with Crippen LogP contribution >= 0.6 is 0 Å². The van der Waals surface area contributed by atoms with Crippen molar-refractivity contribution in [2.45, 2.75) is 46.1 Å². The number of carboxylic acids is 1. The molecule has 0 radical (unpaired) electrons. The molecule has 0 bridgehead atoms. The molecule has 1 aliphatic heterocycles.